The monoisotopic (exact) mass is 253 g/mol. The van der Waals surface area contributed by atoms with Crippen LogP contribution in [0.3, 0.4) is 0 Å². The number of amides is 1. The molecule has 1 amide bonds. The van der Waals surface area contributed by atoms with Gasteiger partial charge in [0.2, 0.25) is 5.91 Å². The van der Waals surface area contributed by atoms with Crippen molar-refractivity contribution in [1.29, 1.82) is 0 Å². The van der Waals surface area contributed by atoms with E-state index in [1.807, 2.05) is 42.5 Å². The number of carbonyl (C=O) groups excluding carboxylic acids is 1. The maximum Gasteiger partial charge on any atom is 0.221 e. The average molecular weight is 253 g/mol. The molecule has 0 atom stereocenters. The SMILES string of the molecule is O=C(CCc1ccco1)NCC#Cc1ccccc1. The van der Waals surface area contributed by atoms with Crippen molar-refractivity contribution < 1.29 is 9.21 Å². The lowest BCUT2D eigenvalue weighted by Crippen LogP contribution is -2.23. The second-order valence-corrected chi connectivity index (χ2v) is 4.02. The van der Waals surface area contributed by atoms with Gasteiger partial charge in [0, 0.05) is 18.4 Å². The highest BCUT2D eigenvalue weighted by molar-refractivity contribution is 5.76. The molecule has 96 valence electrons. The third-order valence-corrected chi connectivity index (χ3v) is 2.56. The van der Waals surface area contributed by atoms with E-state index in [-0.39, 0.29) is 5.91 Å². The Balaban J connectivity index is 1.68. The first kappa shape index (κ1) is 13.0. The van der Waals surface area contributed by atoms with Crippen molar-refractivity contribution in [2.75, 3.05) is 6.54 Å². The van der Waals surface area contributed by atoms with Crippen LogP contribution in [-0.2, 0) is 11.2 Å². The second-order valence-electron chi connectivity index (χ2n) is 4.02. The molecule has 19 heavy (non-hydrogen) atoms. The highest BCUT2D eigenvalue weighted by Gasteiger charge is 2.02. The van der Waals surface area contributed by atoms with Crippen molar-refractivity contribution in [2.24, 2.45) is 0 Å². The van der Waals surface area contributed by atoms with Gasteiger partial charge in [0.1, 0.15) is 5.76 Å². The van der Waals surface area contributed by atoms with Gasteiger partial charge in [-0.25, -0.2) is 0 Å². The summed E-state index contributed by atoms with van der Waals surface area (Å²) in [4.78, 5) is 11.5. The fraction of sp³-hybridized carbons (Fsp3) is 0.188. The summed E-state index contributed by atoms with van der Waals surface area (Å²) in [6.07, 6.45) is 2.64. The number of aryl methyl sites for hydroxylation is 1. The summed E-state index contributed by atoms with van der Waals surface area (Å²) in [5, 5.41) is 2.76. The molecule has 1 N–H and O–H groups in total. The fourth-order valence-electron chi connectivity index (χ4n) is 1.59. The highest BCUT2D eigenvalue weighted by Crippen LogP contribution is 2.02. The summed E-state index contributed by atoms with van der Waals surface area (Å²) in [6.45, 7) is 0.367. The van der Waals surface area contributed by atoms with E-state index in [2.05, 4.69) is 17.2 Å². The summed E-state index contributed by atoms with van der Waals surface area (Å²) in [5.74, 6) is 6.72. The van der Waals surface area contributed by atoms with Gasteiger partial charge in [0.05, 0.1) is 12.8 Å². The van der Waals surface area contributed by atoms with Crippen molar-refractivity contribution >= 4 is 5.91 Å². The average Bonchev–Trinajstić information content (AvgIpc) is 2.96. The number of furan rings is 1. The van der Waals surface area contributed by atoms with Gasteiger partial charge in [-0.1, -0.05) is 30.0 Å². The number of hydrogen-bond acceptors (Lipinski definition) is 2. The number of carbonyl (C=O) groups is 1. The first-order valence-corrected chi connectivity index (χ1v) is 6.17. The van der Waals surface area contributed by atoms with E-state index in [9.17, 15) is 4.79 Å². The van der Waals surface area contributed by atoms with Crippen molar-refractivity contribution in [1.82, 2.24) is 5.32 Å². The molecule has 0 saturated carbocycles. The molecule has 0 spiro atoms. The zero-order valence-electron chi connectivity index (χ0n) is 10.6. The summed E-state index contributed by atoms with van der Waals surface area (Å²) < 4.78 is 5.16. The molecule has 0 bridgehead atoms. The lowest BCUT2D eigenvalue weighted by molar-refractivity contribution is -0.120. The molecule has 2 aromatic rings. The fourth-order valence-corrected chi connectivity index (χ4v) is 1.59. The van der Waals surface area contributed by atoms with Crippen LogP contribution in [0.4, 0.5) is 0 Å². The first-order chi connectivity index (χ1) is 9.34. The Bertz CT molecular complexity index is 562. The second kappa shape index (κ2) is 7.07. The normalized spacial score (nSPS) is 9.47. The third kappa shape index (κ3) is 4.72. The number of nitrogens with one attached hydrogen (secondary N) is 1. The molecular weight excluding hydrogens is 238 g/mol. The number of hydrogen-bond donors (Lipinski definition) is 1. The number of benzene rings is 1. The molecule has 1 heterocycles. The number of rotatable bonds is 4. The Hall–Kier alpha value is -2.47. The van der Waals surface area contributed by atoms with E-state index in [0.29, 0.717) is 19.4 Å². The zero-order chi connectivity index (χ0) is 13.3. The van der Waals surface area contributed by atoms with Crippen LogP contribution in [0, 0.1) is 11.8 Å². The summed E-state index contributed by atoms with van der Waals surface area (Å²) in [5.41, 5.74) is 0.951. The topological polar surface area (TPSA) is 42.2 Å². The van der Waals surface area contributed by atoms with Crippen LogP contribution < -0.4 is 5.32 Å². The van der Waals surface area contributed by atoms with Crippen LogP contribution in [-0.4, -0.2) is 12.5 Å². The molecule has 2 rings (SSSR count). The summed E-state index contributed by atoms with van der Waals surface area (Å²) >= 11 is 0. The van der Waals surface area contributed by atoms with E-state index in [1.54, 1.807) is 6.26 Å². The maximum absolute atomic E-state index is 11.5. The lowest BCUT2D eigenvalue weighted by Gasteiger charge is -1.99. The van der Waals surface area contributed by atoms with Gasteiger partial charge in [-0.2, -0.15) is 0 Å². The van der Waals surface area contributed by atoms with Gasteiger partial charge in [-0.15, -0.1) is 0 Å². The highest BCUT2D eigenvalue weighted by atomic mass is 16.3. The van der Waals surface area contributed by atoms with Crippen molar-refractivity contribution in [2.45, 2.75) is 12.8 Å². The van der Waals surface area contributed by atoms with Gasteiger partial charge >= 0.3 is 0 Å². The van der Waals surface area contributed by atoms with Crippen molar-refractivity contribution in [3.8, 4) is 11.8 Å². The minimum Gasteiger partial charge on any atom is -0.469 e. The molecule has 3 heteroatoms. The predicted molar refractivity (Wildman–Crippen MR) is 73.4 cm³/mol. The zero-order valence-corrected chi connectivity index (χ0v) is 10.6. The van der Waals surface area contributed by atoms with Crippen LogP contribution in [0.25, 0.3) is 0 Å². The molecule has 1 aromatic heterocycles. The Morgan fingerprint density at radius 1 is 1.16 bits per heavy atom. The molecule has 0 aliphatic carbocycles. The molecule has 3 nitrogen and oxygen atoms in total. The van der Waals surface area contributed by atoms with Crippen LogP contribution in [0.5, 0.6) is 0 Å². The summed E-state index contributed by atoms with van der Waals surface area (Å²) in [6, 6.07) is 13.4. The van der Waals surface area contributed by atoms with Crippen molar-refractivity contribution in [3.05, 3.63) is 60.1 Å². The largest absolute Gasteiger partial charge is 0.469 e. The van der Waals surface area contributed by atoms with Crippen LogP contribution in [0.15, 0.2) is 53.1 Å². The molecule has 0 radical (unpaired) electrons. The minimum absolute atomic E-state index is 0.0150. The molecule has 0 aliphatic heterocycles. The maximum atomic E-state index is 11.5. The van der Waals surface area contributed by atoms with Crippen LogP contribution in [0.1, 0.15) is 17.7 Å². The Morgan fingerprint density at radius 2 is 2.00 bits per heavy atom. The Kier molecular flexibility index (Phi) is 4.83. The molecule has 0 aliphatic rings. The molecule has 0 saturated heterocycles. The molecule has 1 aromatic carbocycles. The Morgan fingerprint density at radius 3 is 2.74 bits per heavy atom. The smallest absolute Gasteiger partial charge is 0.221 e. The van der Waals surface area contributed by atoms with Crippen molar-refractivity contribution in [3.63, 3.8) is 0 Å². The van der Waals surface area contributed by atoms with E-state index >= 15 is 0 Å². The first-order valence-electron chi connectivity index (χ1n) is 6.17. The van der Waals surface area contributed by atoms with Gasteiger partial charge < -0.3 is 9.73 Å². The molecule has 0 unspecified atom stereocenters. The predicted octanol–water partition coefficient (Wildman–Crippen LogP) is 2.38. The van der Waals surface area contributed by atoms with Gasteiger partial charge in [-0.3, -0.25) is 4.79 Å². The van der Waals surface area contributed by atoms with E-state index < -0.39 is 0 Å². The van der Waals surface area contributed by atoms with Gasteiger partial charge in [-0.05, 0) is 24.3 Å². The third-order valence-electron chi connectivity index (χ3n) is 2.56. The van der Waals surface area contributed by atoms with Crippen LogP contribution in [0.2, 0.25) is 0 Å². The van der Waals surface area contributed by atoms with E-state index in [0.717, 1.165) is 11.3 Å². The van der Waals surface area contributed by atoms with E-state index in [1.165, 1.54) is 0 Å². The van der Waals surface area contributed by atoms with Crippen LogP contribution >= 0.6 is 0 Å². The van der Waals surface area contributed by atoms with E-state index in [4.69, 9.17) is 4.42 Å². The standard InChI is InChI=1S/C16H15NO2/c18-16(11-10-15-9-5-13-19-15)17-12-4-8-14-6-2-1-3-7-14/h1-3,5-7,9,13H,10-12H2,(H,17,18). The van der Waals surface area contributed by atoms with Gasteiger partial charge in [0.15, 0.2) is 0 Å². The lowest BCUT2D eigenvalue weighted by atomic mass is 10.2. The minimum atomic E-state index is -0.0150. The quantitative estimate of drug-likeness (QED) is 0.850. The molecular formula is C16H15NO2. The summed E-state index contributed by atoms with van der Waals surface area (Å²) in [7, 11) is 0. The molecule has 0 fully saturated rings. The van der Waals surface area contributed by atoms with Gasteiger partial charge in [0.25, 0.3) is 0 Å². The Labute approximate surface area is 112 Å².